The first-order valence-electron chi connectivity index (χ1n) is 7.55. The third kappa shape index (κ3) is 3.85. The van der Waals surface area contributed by atoms with Crippen molar-refractivity contribution in [2.24, 2.45) is 16.6 Å². The fourth-order valence-corrected chi connectivity index (χ4v) is 3.91. The molecule has 0 amide bonds. The highest BCUT2D eigenvalue weighted by molar-refractivity contribution is 7.89. The second kappa shape index (κ2) is 6.76. The summed E-state index contributed by atoms with van der Waals surface area (Å²) in [6, 6.07) is 0. The van der Waals surface area contributed by atoms with E-state index in [-0.39, 0.29) is 5.75 Å². The Balaban J connectivity index is 1.76. The topological polar surface area (TPSA) is 79.0 Å². The van der Waals surface area contributed by atoms with Crippen LogP contribution in [0.4, 0.5) is 0 Å². The van der Waals surface area contributed by atoms with Crippen LogP contribution in [-0.4, -0.2) is 62.1 Å². The summed E-state index contributed by atoms with van der Waals surface area (Å²) in [5, 5.41) is 0. The van der Waals surface area contributed by atoms with Crippen molar-refractivity contribution in [1.82, 2.24) is 9.21 Å². The van der Waals surface area contributed by atoms with Gasteiger partial charge in [0, 0.05) is 38.6 Å². The Morgan fingerprint density at radius 2 is 1.80 bits per heavy atom. The number of guanidine groups is 1. The Morgan fingerprint density at radius 3 is 2.35 bits per heavy atom. The lowest BCUT2D eigenvalue weighted by molar-refractivity contribution is 0.207. The minimum absolute atomic E-state index is 0.179. The van der Waals surface area contributed by atoms with E-state index >= 15 is 0 Å². The molecule has 20 heavy (non-hydrogen) atoms. The Bertz CT molecular complexity index is 435. The summed E-state index contributed by atoms with van der Waals surface area (Å²) in [7, 11) is -3.02. The summed E-state index contributed by atoms with van der Waals surface area (Å²) in [4.78, 5) is 6.61. The second-order valence-electron chi connectivity index (χ2n) is 5.68. The molecule has 2 aliphatic rings. The van der Waals surface area contributed by atoms with Crippen LogP contribution in [0.25, 0.3) is 0 Å². The van der Waals surface area contributed by atoms with E-state index in [0.29, 0.717) is 31.5 Å². The van der Waals surface area contributed by atoms with Crippen molar-refractivity contribution in [3.8, 4) is 0 Å². The van der Waals surface area contributed by atoms with Crippen molar-refractivity contribution in [3.05, 3.63) is 0 Å². The van der Waals surface area contributed by atoms with E-state index in [1.165, 1.54) is 30.0 Å². The van der Waals surface area contributed by atoms with Crippen molar-refractivity contribution in [2.45, 2.75) is 32.6 Å². The molecule has 0 radical (unpaired) electrons. The summed E-state index contributed by atoms with van der Waals surface area (Å²) in [5.41, 5.74) is 6.04. The third-order valence-corrected chi connectivity index (χ3v) is 5.94. The van der Waals surface area contributed by atoms with E-state index in [4.69, 9.17) is 5.73 Å². The molecule has 0 atom stereocenters. The van der Waals surface area contributed by atoms with Crippen LogP contribution in [0.1, 0.15) is 32.6 Å². The number of aliphatic imine (C=N–C) groups is 1. The van der Waals surface area contributed by atoms with E-state index in [1.807, 2.05) is 0 Å². The maximum absolute atomic E-state index is 11.6. The fourth-order valence-electron chi connectivity index (χ4n) is 2.67. The Hall–Kier alpha value is -0.820. The van der Waals surface area contributed by atoms with Crippen LogP contribution < -0.4 is 5.73 Å². The highest BCUT2D eigenvalue weighted by atomic mass is 32.2. The van der Waals surface area contributed by atoms with Crippen LogP contribution in [0.2, 0.25) is 0 Å². The molecule has 2 N–H and O–H groups in total. The largest absolute Gasteiger partial charge is 0.370 e. The lowest BCUT2D eigenvalue weighted by Gasteiger charge is -2.37. The molecule has 2 saturated heterocycles. The van der Waals surface area contributed by atoms with Gasteiger partial charge in [0.15, 0.2) is 5.96 Å². The fraction of sp³-hybridized carbons (Fsp3) is 0.923. The predicted octanol–water partition coefficient (Wildman–Crippen LogP) is 0.459. The zero-order chi connectivity index (χ0) is 14.6. The number of sulfonamides is 1. The molecule has 0 aromatic carbocycles. The first-order chi connectivity index (χ1) is 9.53. The molecular weight excluding hydrogens is 276 g/mol. The molecule has 0 spiro atoms. The molecule has 2 heterocycles. The number of likely N-dealkylation sites (tertiary alicyclic amines) is 1. The molecule has 2 fully saturated rings. The zero-order valence-corrected chi connectivity index (χ0v) is 13.1. The molecular formula is C13H26N4O2S. The van der Waals surface area contributed by atoms with Crippen LogP contribution in [0.5, 0.6) is 0 Å². The van der Waals surface area contributed by atoms with E-state index in [1.54, 1.807) is 6.92 Å². The van der Waals surface area contributed by atoms with Gasteiger partial charge >= 0.3 is 0 Å². The molecule has 0 aromatic rings. The van der Waals surface area contributed by atoms with Crippen molar-refractivity contribution in [3.63, 3.8) is 0 Å². The normalized spacial score (nSPS) is 23.4. The lowest BCUT2D eigenvalue weighted by atomic mass is 10.0. The average Bonchev–Trinajstić information content (AvgIpc) is 2.65. The van der Waals surface area contributed by atoms with Crippen LogP contribution in [0, 0.1) is 5.92 Å². The average molecular weight is 302 g/mol. The van der Waals surface area contributed by atoms with Crippen LogP contribution in [0.15, 0.2) is 4.99 Å². The number of hydrogen-bond donors (Lipinski definition) is 1. The van der Waals surface area contributed by atoms with Gasteiger partial charge in [-0.25, -0.2) is 12.7 Å². The van der Waals surface area contributed by atoms with Crippen LogP contribution >= 0.6 is 0 Å². The first kappa shape index (κ1) is 15.6. The highest BCUT2D eigenvalue weighted by Crippen LogP contribution is 2.20. The zero-order valence-electron chi connectivity index (χ0n) is 12.3. The Kier molecular flexibility index (Phi) is 5.26. The molecule has 0 aliphatic carbocycles. The lowest BCUT2D eigenvalue weighted by Crippen LogP contribution is -2.51. The quantitative estimate of drug-likeness (QED) is 0.604. The number of nitrogens with two attached hydrogens (primary N) is 1. The summed E-state index contributed by atoms with van der Waals surface area (Å²) in [5.74, 6) is 1.13. The van der Waals surface area contributed by atoms with Gasteiger partial charge in [0.1, 0.15) is 0 Å². The van der Waals surface area contributed by atoms with Gasteiger partial charge in [-0.3, -0.25) is 4.99 Å². The molecule has 0 saturated carbocycles. The molecule has 7 heteroatoms. The van der Waals surface area contributed by atoms with Gasteiger partial charge in [-0.05, 0) is 19.8 Å². The van der Waals surface area contributed by atoms with Gasteiger partial charge < -0.3 is 10.6 Å². The molecule has 6 nitrogen and oxygen atoms in total. The molecule has 0 unspecified atom stereocenters. The van der Waals surface area contributed by atoms with Gasteiger partial charge in [-0.2, -0.15) is 0 Å². The Labute approximate surface area is 122 Å². The van der Waals surface area contributed by atoms with Gasteiger partial charge in [0.25, 0.3) is 0 Å². The first-order valence-corrected chi connectivity index (χ1v) is 9.16. The summed E-state index contributed by atoms with van der Waals surface area (Å²) in [6.45, 7) is 5.49. The summed E-state index contributed by atoms with van der Waals surface area (Å²) < 4.78 is 24.8. The SMILES string of the molecule is CCS(=O)(=O)N1CC(CN=C(N)N2CCCCCC2)C1. The van der Waals surface area contributed by atoms with Gasteiger partial charge in [-0.1, -0.05) is 12.8 Å². The van der Waals surface area contributed by atoms with Gasteiger partial charge in [0.05, 0.1) is 5.75 Å². The minimum Gasteiger partial charge on any atom is -0.370 e. The van der Waals surface area contributed by atoms with E-state index in [2.05, 4.69) is 9.89 Å². The number of hydrogen-bond acceptors (Lipinski definition) is 3. The van der Waals surface area contributed by atoms with E-state index < -0.39 is 10.0 Å². The van der Waals surface area contributed by atoms with Crippen molar-refractivity contribution in [1.29, 1.82) is 0 Å². The maximum Gasteiger partial charge on any atom is 0.213 e. The standard InChI is InChI=1S/C13H26N4O2S/c1-2-20(18,19)17-10-12(11-17)9-15-13(14)16-7-5-3-4-6-8-16/h12H,2-11H2,1H3,(H2,14,15). The third-order valence-electron chi connectivity index (χ3n) is 4.12. The maximum atomic E-state index is 11.6. The number of rotatable bonds is 4. The second-order valence-corrected chi connectivity index (χ2v) is 7.94. The van der Waals surface area contributed by atoms with Gasteiger partial charge in [0.2, 0.25) is 10.0 Å². The highest BCUT2D eigenvalue weighted by Gasteiger charge is 2.34. The monoisotopic (exact) mass is 302 g/mol. The smallest absolute Gasteiger partial charge is 0.213 e. The van der Waals surface area contributed by atoms with Crippen LogP contribution in [-0.2, 0) is 10.0 Å². The van der Waals surface area contributed by atoms with Crippen molar-refractivity contribution >= 4 is 16.0 Å². The number of nitrogens with zero attached hydrogens (tertiary/aromatic N) is 3. The van der Waals surface area contributed by atoms with Gasteiger partial charge in [-0.15, -0.1) is 0 Å². The Morgan fingerprint density at radius 1 is 1.20 bits per heavy atom. The molecule has 116 valence electrons. The molecule has 0 aromatic heterocycles. The predicted molar refractivity (Wildman–Crippen MR) is 81.1 cm³/mol. The van der Waals surface area contributed by atoms with Crippen molar-refractivity contribution < 1.29 is 8.42 Å². The summed E-state index contributed by atoms with van der Waals surface area (Å²) >= 11 is 0. The summed E-state index contributed by atoms with van der Waals surface area (Å²) in [6.07, 6.45) is 4.91. The van der Waals surface area contributed by atoms with Crippen molar-refractivity contribution in [2.75, 3.05) is 38.5 Å². The minimum atomic E-state index is -3.02. The van der Waals surface area contributed by atoms with Crippen LogP contribution in [0.3, 0.4) is 0 Å². The van der Waals surface area contributed by atoms with E-state index in [0.717, 1.165) is 13.1 Å². The molecule has 2 rings (SSSR count). The molecule has 0 bridgehead atoms. The molecule has 2 aliphatic heterocycles. The van der Waals surface area contributed by atoms with E-state index in [9.17, 15) is 8.42 Å².